The molecule has 1 aromatic carbocycles. The van der Waals surface area contributed by atoms with Crippen LogP contribution in [0, 0.1) is 20.8 Å². The summed E-state index contributed by atoms with van der Waals surface area (Å²) in [5, 5.41) is 4.10. The second-order valence-corrected chi connectivity index (χ2v) is 5.44. The van der Waals surface area contributed by atoms with Gasteiger partial charge in [-0.25, -0.2) is 0 Å². The van der Waals surface area contributed by atoms with Crippen LogP contribution in [-0.2, 0) is 0 Å². The van der Waals surface area contributed by atoms with Gasteiger partial charge in [0.25, 0.3) is 0 Å². The highest BCUT2D eigenvalue weighted by molar-refractivity contribution is 8.00. The molecule has 0 spiro atoms. The molecule has 14 heavy (non-hydrogen) atoms. The topological polar surface area (TPSA) is 12.0 Å². The predicted octanol–water partition coefficient (Wildman–Crippen LogP) is 2.68. The molecule has 2 heteroatoms. The van der Waals surface area contributed by atoms with Gasteiger partial charge in [0, 0.05) is 23.2 Å². The van der Waals surface area contributed by atoms with Crippen LogP contribution >= 0.6 is 11.8 Å². The molecule has 0 saturated carbocycles. The Morgan fingerprint density at radius 3 is 2.14 bits per heavy atom. The monoisotopic (exact) mass is 207 g/mol. The summed E-state index contributed by atoms with van der Waals surface area (Å²) in [5.74, 6) is 0. The number of aryl methyl sites for hydroxylation is 3. The highest BCUT2D eigenvalue weighted by Gasteiger charge is 2.19. The number of hydrogen-bond donors (Lipinski definition) is 1. The van der Waals surface area contributed by atoms with E-state index in [1.54, 1.807) is 0 Å². The van der Waals surface area contributed by atoms with Crippen molar-refractivity contribution in [3.8, 4) is 0 Å². The fraction of sp³-hybridized carbons (Fsp3) is 0.500. The van der Waals surface area contributed by atoms with Crippen molar-refractivity contribution in [2.45, 2.75) is 30.9 Å². The Morgan fingerprint density at radius 1 is 1.14 bits per heavy atom. The van der Waals surface area contributed by atoms with Crippen LogP contribution < -0.4 is 5.32 Å². The molecule has 0 aliphatic carbocycles. The zero-order chi connectivity index (χ0) is 10.1. The van der Waals surface area contributed by atoms with Crippen LogP contribution in [-0.4, -0.2) is 18.3 Å². The minimum absolute atomic E-state index is 0.787. The van der Waals surface area contributed by atoms with Crippen molar-refractivity contribution in [3.63, 3.8) is 0 Å². The van der Waals surface area contributed by atoms with Crippen molar-refractivity contribution in [2.24, 2.45) is 0 Å². The van der Waals surface area contributed by atoms with E-state index in [9.17, 15) is 0 Å². The van der Waals surface area contributed by atoms with E-state index in [1.165, 1.54) is 21.6 Å². The van der Waals surface area contributed by atoms with Gasteiger partial charge in [0.1, 0.15) is 0 Å². The molecule has 0 aromatic heterocycles. The second-order valence-electron chi connectivity index (χ2n) is 4.13. The van der Waals surface area contributed by atoms with Crippen LogP contribution in [0.1, 0.15) is 16.7 Å². The van der Waals surface area contributed by atoms with Crippen LogP contribution in [0.2, 0.25) is 0 Å². The molecular formula is C12H17NS. The van der Waals surface area contributed by atoms with E-state index in [4.69, 9.17) is 0 Å². The quantitative estimate of drug-likeness (QED) is 0.800. The zero-order valence-corrected chi connectivity index (χ0v) is 9.87. The maximum atomic E-state index is 3.31. The van der Waals surface area contributed by atoms with E-state index in [0.717, 1.165) is 18.3 Å². The third kappa shape index (κ3) is 1.96. The molecule has 0 unspecified atom stereocenters. The van der Waals surface area contributed by atoms with E-state index in [-0.39, 0.29) is 0 Å². The van der Waals surface area contributed by atoms with E-state index < -0.39 is 0 Å². The molecule has 1 N–H and O–H groups in total. The normalized spacial score (nSPS) is 16.8. The van der Waals surface area contributed by atoms with Crippen molar-refractivity contribution < 1.29 is 0 Å². The molecule has 0 amide bonds. The van der Waals surface area contributed by atoms with Crippen molar-refractivity contribution in [2.75, 3.05) is 13.1 Å². The number of rotatable bonds is 2. The molecule has 1 heterocycles. The molecule has 1 fully saturated rings. The number of thioether (sulfide) groups is 1. The molecule has 0 bridgehead atoms. The van der Waals surface area contributed by atoms with Crippen molar-refractivity contribution in [3.05, 3.63) is 28.8 Å². The van der Waals surface area contributed by atoms with Gasteiger partial charge in [0.2, 0.25) is 0 Å². The molecule has 1 aliphatic heterocycles. The summed E-state index contributed by atoms with van der Waals surface area (Å²) >= 11 is 2.03. The van der Waals surface area contributed by atoms with Gasteiger partial charge < -0.3 is 5.32 Å². The first kappa shape index (κ1) is 10.1. The van der Waals surface area contributed by atoms with Crippen LogP contribution in [0.15, 0.2) is 17.0 Å². The first-order chi connectivity index (χ1) is 6.66. The summed E-state index contributed by atoms with van der Waals surface area (Å²) < 4.78 is 0. The highest BCUT2D eigenvalue weighted by Crippen LogP contribution is 2.32. The molecule has 1 aliphatic rings. The first-order valence-electron chi connectivity index (χ1n) is 5.12. The third-order valence-electron chi connectivity index (χ3n) is 2.63. The summed E-state index contributed by atoms with van der Waals surface area (Å²) in [6.07, 6.45) is 0. The second kappa shape index (κ2) is 3.95. The summed E-state index contributed by atoms with van der Waals surface area (Å²) in [5.41, 5.74) is 4.23. The van der Waals surface area contributed by atoms with Gasteiger partial charge in [-0.15, -0.1) is 11.8 Å². The Hall–Kier alpha value is -0.470. The molecule has 76 valence electrons. The van der Waals surface area contributed by atoms with Crippen molar-refractivity contribution in [1.82, 2.24) is 5.32 Å². The van der Waals surface area contributed by atoms with Gasteiger partial charge in [0.15, 0.2) is 0 Å². The zero-order valence-electron chi connectivity index (χ0n) is 9.05. The molecule has 1 nitrogen and oxygen atoms in total. The lowest BCUT2D eigenvalue weighted by molar-refractivity contribution is 0.543. The Balaban J connectivity index is 2.22. The molecule has 0 atom stereocenters. The Kier molecular flexibility index (Phi) is 2.84. The molecule has 0 radical (unpaired) electrons. The fourth-order valence-electron chi connectivity index (χ4n) is 1.86. The largest absolute Gasteiger partial charge is 0.314 e. The fourth-order valence-corrected chi connectivity index (χ4v) is 3.09. The lowest BCUT2D eigenvalue weighted by Crippen LogP contribution is -2.44. The van der Waals surface area contributed by atoms with Gasteiger partial charge in [0.05, 0.1) is 0 Å². The maximum Gasteiger partial charge on any atom is 0.0344 e. The SMILES string of the molecule is Cc1cc(C)c(SC2CNC2)c(C)c1. The standard InChI is InChI=1S/C12H17NS/c1-8-4-9(2)12(10(3)5-8)14-11-6-13-7-11/h4-5,11,13H,6-7H2,1-3H3. The molecular weight excluding hydrogens is 190 g/mol. The Bertz CT molecular complexity index is 319. The molecule has 1 aromatic rings. The number of nitrogens with one attached hydrogen (secondary N) is 1. The summed E-state index contributed by atoms with van der Waals surface area (Å²) in [7, 11) is 0. The van der Waals surface area contributed by atoms with Gasteiger partial charge in [-0.1, -0.05) is 17.7 Å². The van der Waals surface area contributed by atoms with E-state index in [2.05, 4.69) is 38.2 Å². The smallest absolute Gasteiger partial charge is 0.0344 e. The third-order valence-corrected chi connectivity index (χ3v) is 4.18. The minimum Gasteiger partial charge on any atom is -0.314 e. The molecule has 2 rings (SSSR count). The maximum absolute atomic E-state index is 3.31. The summed E-state index contributed by atoms with van der Waals surface area (Å²) in [4.78, 5) is 1.49. The lowest BCUT2D eigenvalue weighted by atomic mass is 10.1. The number of benzene rings is 1. The lowest BCUT2D eigenvalue weighted by Gasteiger charge is -2.27. The average molecular weight is 207 g/mol. The predicted molar refractivity (Wildman–Crippen MR) is 63.2 cm³/mol. The van der Waals surface area contributed by atoms with Crippen LogP contribution in [0.3, 0.4) is 0 Å². The highest BCUT2D eigenvalue weighted by atomic mass is 32.2. The van der Waals surface area contributed by atoms with E-state index >= 15 is 0 Å². The Morgan fingerprint density at radius 2 is 1.71 bits per heavy atom. The van der Waals surface area contributed by atoms with Gasteiger partial charge in [-0.3, -0.25) is 0 Å². The van der Waals surface area contributed by atoms with Crippen molar-refractivity contribution >= 4 is 11.8 Å². The molecule has 1 saturated heterocycles. The summed E-state index contributed by atoms with van der Waals surface area (Å²) in [6, 6.07) is 4.56. The first-order valence-corrected chi connectivity index (χ1v) is 6.00. The van der Waals surface area contributed by atoms with Crippen LogP contribution in [0.5, 0.6) is 0 Å². The van der Waals surface area contributed by atoms with E-state index in [0.29, 0.717) is 0 Å². The van der Waals surface area contributed by atoms with Gasteiger partial charge >= 0.3 is 0 Å². The van der Waals surface area contributed by atoms with Crippen LogP contribution in [0.4, 0.5) is 0 Å². The average Bonchev–Trinajstić information content (AvgIpc) is 1.98. The minimum atomic E-state index is 0.787. The number of hydrogen-bond acceptors (Lipinski definition) is 2. The van der Waals surface area contributed by atoms with Crippen LogP contribution in [0.25, 0.3) is 0 Å². The van der Waals surface area contributed by atoms with Gasteiger partial charge in [-0.2, -0.15) is 0 Å². The summed E-state index contributed by atoms with van der Waals surface area (Å²) in [6.45, 7) is 8.93. The van der Waals surface area contributed by atoms with Crippen molar-refractivity contribution in [1.29, 1.82) is 0 Å². The van der Waals surface area contributed by atoms with E-state index in [1.807, 2.05) is 11.8 Å². The van der Waals surface area contributed by atoms with Gasteiger partial charge in [-0.05, 0) is 31.9 Å². The Labute approximate surface area is 90.3 Å².